The summed E-state index contributed by atoms with van der Waals surface area (Å²) in [5, 5.41) is 6.44. The van der Waals surface area contributed by atoms with E-state index in [1.807, 2.05) is 34.4 Å². The fraction of sp³-hybridized carbons (Fsp3) is 0.0952. The van der Waals surface area contributed by atoms with Gasteiger partial charge in [0.15, 0.2) is 6.20 Å². The van der Waals surface area contributed by atoms with Gasteiger partial charge in [-0.25, -0.2) is 4.57 Å². The molecule has 0 N–H and O–H groups in total. The molecular weight excluding hydrogens is 362 g/mol. The number of hydrogen-bond donors (Lipinski definition) is 0. The van der Waals surface area contributed by atoms with Crippen molar-refractivity contribution in [3.63, 3.8) is 0 Å². The highest BCUT2D eigenvalue weighted by Gasteiger charge is 2.29. The first-order valence-corrected chi connectivity index (χ1v) is 10.8. The van der Waals surface area contributed by atoms with E-state index in [0.717, 1.165) is 0 Å². The maximum Gasteiger partial charge on any atom is 0.222 e. The van der Waals surface area contributed by atoms with Crippen LogP contribution in [0.4, 0.5) is 0 Å². The quantitative estimate of drug-likeness (QED) is 0.272. The van der Waals surface area contributed by atoms with Gasteiger partial charge in [-0.3, -0.25) is 0 Å². The third-order valence-corrected chi connectivity index (χ3v) is 8.49. The number of pyridine rings is 1. The van der Waals surface area contributed by atoms with E-state index in [-0.39, 0.29) is 0 Å². The second-order valence-electron chi connectivity index (χ2n) is 6.58. The molecule has 0 saturated carbocycles. The highest BCUT2D eigenvalue weighted by Crippen LogP contribution is 2.51. The number of thiophene rings is 2. The van der Waals surface area contributed by atoms with Crippen molar-refractivity contribution in [2.45, 2.75) is 16.7 Å². The zero-order chi connectivity index (χ0) is 16.7. The monoisotopic (exact) mass is 376 g/mol. The Bertz CT molecular complexity index is 1340. The average Bonchev–Trinajstić information content (AvgIpc) is 3.18. The molecule has 25 heavy (non-hydrogen) atoms. The molecule has 4 heterocycles. The molecule has 6 rings (SSSR count). The second-order valence-corrected chi connectivity index (χ2v) is 9.63. The van der Waals surface area contributed by atoms with Crippen molar-refractivity contribution in [2.75, 3.05) is 0 Å². The van der Waals surface area contributed by atoms with Gasteiger partial charge in [0.2, 0.25) is 5.69 Å². The number of aromatic nitrogens is 1. The van der Waals surface area contributed by atoms with Crippen molar-refractivity contribution in [2.24, 2.45) is 7.05 Å². The molecule has 0 saturated heterocycles. The number of rotatable bonds is 0. The highest BCUT2D eigenvalue weighted by molar-refractivity contribution is 7.99. The van der Waals surface area contributed by atoms with E-state index >= 15 is 0 Å². The van der Waals surface area contributed by atoms with E-state index < -0.39 is 0 Å². The number of hydrogen-bond acceptors (Lipinski definition) is 3. The fourth-order valence-corrected chi connectivity index (χ4v) is 7.56. The van der Waals surface area contributed by atoms with Gasteiger partial charge in [-0.05, 0) is 36.1 Å². The fourth-order valence-electron chi connectivity index (χ4n) is 3.99. The summed E-state index contributed by atoms with van der Waals surface area (Å²) in [6, 6.07) is 13.6. The summed E-state index contributed by atoms with van der Waals surface area (Å²) in [7, 11) is 2.17. The van der Waals surface area contributed by atoms with Crippen LogP contribution in [0, 0.1) is 6.92 Å². The van der Waals surface area contributed by atoms with E-state index in [1.165, 1.54) is 56.9 Å². The molecule has 0 atom stereocenters. The zero-order valence-electron chi connectivity index (χ0n) is 13.8. The van der Waals surface area contributed by atoms with Crippen LogP contribution in [-0.4, -0.2) is 0 Å². The van der Waals surface area contributed by atoms with Crippen molar-refractivity contribution in [3.05, 3.63) is 53.5 Å². The molecule has 4 heteroatoms. The number of fused-ring (bicyclic) bond motifs is 6. The first kappa shape index (κ1) is 14.3. The number of nitrogens with zero attached hydrogens (tertiary/aromatic N) is 1. The molecule has 0 radical (unpaired) electrons. The molecule has 0 fully saturated rings. The zero-order valence-corrected chi connectivity index (χ0v) is 16.2. The van der Waals surface area contributed by atoms with Gasteiger partial charge in [0.1, 0.15) is 7.05 Å². The van der Waals surface area contributed by atoms with Crippen molar-refractivity contribution in [1.82, 2.24) is 0 Å². The molecule has 0 aliphatic carbocycles. The molecule has 0 bridgehead atoms. The summed E-state index contributed by atoms with van der Waals surface area (Å²) in [5.74, 6) is 0. The molecule has 3 aromatic heterocycles. The van der Waals surface area contributed by atoms with Gasteiger partial charge < -0.3 is 0 Å². The van der Waals surface area contributed by atoms with Crippen LogP contribution in [-0.2, 0) is 7.05 Å². The second kappa shape index (κ2) is 4.85. The minimum atomic E-state index is 1.35. The third kappa shape index (κ3) is 1.77. The Morgan fingerprint density at radius 3 is 2.80 bits per heavy atom. The summed E-state index contributed by atoms with van der Waals surface area (Å²) in [6.07, 6.45) is 2.22. The van der Waals surface area contributed by atoms with E-state index in [4.69, 9.17) is 0 Å². The Hall–Kier alpha value is -1.88. The summed E-state index contributed by atoms with van der Waals surface area (Å²) < 4.78 is 6.56. The lowest BCUT2D eigenvalue weighted by atomic mass is 9.98. The van der Waals surface area contributed by atoms with Crippen LogP contribution in [0.2, 0.25) is 0 Å². The van der Waals surface area contributed by atoms with Gasteiger partial charge in [-0.2, -0.15) is 0 Å². The lowest BCUT2D eigenvalue weighted by Gasteiger charge is -2.19. The van der Waals surface area contributed by atoms with Crippen LogP contribution < -0.4 is 4.57 Å². The first-order chi connectivity index (χ1) is 12.2. The minimum Gasteiger partial charge on any atom is -0.200 e. The molecule has 0 unspecified atom stereocenters. The van der Waals surface area contributed by atoms with Crippen LogP contribution in [0.3, 0.4) is 0 Å². The van der Waals surface area contributed by atoms with Crippen molar-refractivity contribution >= 4 is 64.7 Å². The SMILES string of the molecule is Cc1cccc2c1-c1c3c(cc4c5sccc5sc4c3cc[n+]1C)S2. The molecule has 1 aliphatic heterocycles. The van der Waals surface area contributed by atoms with Gasteiger partial charge in [-0.15, -0.1) is 22.7 Å². The van der Waals surface area contributed by atoms with Crippen LogP contribution in [0.5, 0.6) is 0 Å². The average molecular weight is 377 g/mol. The van der Waals surface area contributed by atoms with Gasteiger partial charge in [0, 0.05) is 36.0 Å². The van der Waals surface area contributed by atoms with Crippen LogP contribution >= 0.6 is 34.4 Å². The molecule has 120 valence electrons. The Morgan fingerprint density at radius 2 is 1.88 bits per heavy atom. The van der Waals surface area contributed by atoms with E-state index in [9.17, 15) is 0 Å². The molecule has 5 aromatic rings. The summed E-state index contributed by atoms with van der Waals surface area (Å²) in [5.41, 5.74) is 4.11. The molecule has 0 spiro atoms. The third-order valence-electron chi connectivity index (χ3n) is 5.11. The number of aryl methyl sites for hydroxylation is 2. The van der Waals surface area contributed by atoms with Gasteiger partial charge in [0.25, 0.3) is 0 Å². The summed E-state index contributed by atoms with van der Waals surface area (Å²) in [6.45, 7) is 2.23. The van der Waals surface area contributed by atoms with Gasteiger partial charge in [-0.1, -0.05) is 23.9 Å². The molecule has 1 nitrogen and oxygen atoms in total. The minimum absolute atomic E-state index is 1.35. The molecule has 1 aliphatic rings. The Kier molecular flexibility index (Phi) is 2.77. The predicted molar refractivity (Wildman–Crippen MR) is 110 cm³/mol. The van der Waals surface area contributed by atoms with Gasteiger partial charge in [0.05, 0.1) is 15.6 Å². The Labute approximate surface area is 157 Å². The van der Waals surface area contributed by atoms with Crippen molar-refractivity contribution < 1.29 is 4.57 Å². The lowest BCUT2D eigenvalue weighted by molar-refractivity contribution is -0.659. The van der Waals surface area contributed by atoms with Crippen LogP contribution in [0.1, 0.15) is 5.56 Å². The smallest absolute Gasteiger partial charge is 0.200 e. The molecule has 0 amide bonds. The molecule has 2 aromatic carbocycles. The number of benzene rings is 2. The topological polar surface area (TPSA) is 3.88 Å². The predicted octanol–water partition coefficient (Wildman–Crippen LogP) is 6.53. The largest absolute Gasteiger partial charge is 0.222 e. The van der Waals surface area contributed by atoms with E-state index in [1.54, 1.807) is 0 Å². The maximum absolute atomic E-state index is 2.42. The van der Waals surface area contributed by atoms with Crippen LogP contribution in [0.15, 0.2) is 57.8 Å². The van der Waals surface area contributed by atoms with E-state index in [0.29, 0.717) is 0 Å². The van der Waals surface area contributed by atoms with Crippen molar-refractivity contribution in [3.8, 4) is 11.3 Å². The standard InChI is InChI=1S/C21H14NS3/c1-11-4-3-5-14-17(11)19-18-12(6-8-22(19)2)20-13(10-16(18)24-14)21-15(25-20)7-9-23-21/h3-10H,1-2H3/q+1. The lowest BCUT2D eigenvalue weighted by Crippen LogP contribution is -2.31. The van der Waals surface area contributed by atoms with Gasteiger partial charge >= 0.3 is 0 Å². The normalized spacial score (nSPS) is 13.0. The Balaban J connectivity index is 1.89. The Morgan fingerprint density at radius 1 is 0.960 bits per heavy atom. The van der Waals surface area contributed by atoms with Crippen LogP contribution in [0.25, 0.3) is 41.5 Å². The molecular formula is C21H14NS3+. The summed E-state index contributed by atoms with van der Waals surface area (Å²) in [4.78, 5) is 2.76. The maximum atomic E-state index is 2.42. The first-order valence-electron chi connectivity index (χ1n) is 8.25. The van der Waals surface area contributed by atoms with Crippen molar-refractivity contribution in [1.29, 1.82) is 0 Å². The van der Waals surface area contributed by atoms with E-state index in [2.05, 4.69) is 66.5 Å². The summed E-state index contributed by atoms with van der Waals surface area (Å²) >= 11 is 5.72. The highest BCUT2D eigenvalue weighted by atomic mass is 32.2.